The molecule has 0 radical (unpaired) electrons. The van der Waals surface area contributed by atoms with Crippen molar-refractivity contribution in [3.8, 4) is 11.4 Å². The molecule has 30 heavy (non-hydrogen) atoms. The van der Waals surface area contributed by atoms with E-state index in [1.807, 2.05) is 0 Å². The number of piperazine rings is 1. The van der Waals surface area contributed by atoms with E-state index in [1.165, 1.54) is 12.1 Å². The number of aryl methyl sites for hydroxylation is 1. The second-order valence-corrected chi connectivity index (χ2v) is 7.07. The first kappa shape index (κ1) is 20.1. The molecule has 1 aromatic carbocycles. The molecule has 0 atom stereocenters. The zero-order chi connectivity index (χ0) is 21.3. The standard InChI is InChI=1S/C20H19F3N4O3/c1-13-2-7-16(29-13)19(28)27-10-8-26(9-11-27)12-17-24-18(25-30-17)14-3-5-15(6-4-14)20(21,22)23/h2-7H,8-12H2,1H3. The van der Waals surface area contributed by atoms with Crippen LogP contribution in [0.4, 0.5) is 13.2 Å². The van der Waals surface area contributed by atoms with Gasteiger partial charge in [0.05, 0.1) is 12.1 Å². The van der Waals surface area contributed by atoms with Gasteiger partial charge in [-0.25, -0.2) is 0 Å². The summed E-state index contributed by atoms with van der Waals surface area (Å²) in [5.74, 6) is 1.49. The Morgan fingerprint density at radius 2 is 1.77 bits per heavy atom. The third-order valence-corrected chi connectivity index (χ3v) is 4.91. The molecule has 10 heteroatoms. The topological polar surface area (TPSA) is 75.6 Å². The van der Waals surface area contributed by atoms with Crippen LogP contribution < -0.4 is 0 Å². The fourth-order valence-electron chi connectivity index (χ4n) is 3.25. The molecule has 3 heterocycles. The molecule has 0 N–H and O–H groups in total. The third-order valence-electron chi connectivity index (χ3n) is 4.91. The highest BCUT2D eigenvalue weighted by atomic mass is 19.4. The van der Waals surface area contributed by atoms with E-state index in [0.717, 1.165) is 12.1 Å². The Morgan fingerprint density at radius 3 is 2.37 bits per heavy atom. The summed E-state index contributed by atoms with van der Waals surface area (Å²) in [5, 5.41) is 3.86. The molecule has 1 aliphatic rings. The van der Waals surface area contributed by atoms with Crippen molar-refractivity contribution in [2.45, 2.75) is 19.6 Å². The molecule has 2 aromatic heterocycles. The number of aromatic nitrogens is 2. The van der Waals surface area contributed by atoms with Gasteiger partial charge in [-0.05, 0) is 31.2 Å². The fourth-order valence-corrected chi connectivity index (χ4v) is 3.25. The Kier molecular flexibility index (Phi) is 5.33. The predicted molar refractivity (Wildman–Crippen MR) is 99.4 cm³/mol. The van der Waals surface area contributed by atoms with Crippen molar-refractivity contribution in [1.29, 1.82) is 0 Å². The first-order valence-corrected chi connectivity index (χ1v) is 9.38. The van der Waals surface area contributed by atoms with E-state index in [-0.39, 0.29) is 11.7 Å². The molecule has 0 bridgehead atoms. The summed E-state index contributed by atoms with van der Waals surface area (Å²) in [6, 6.07) is 8.04. The summed E-state index contributed by atoms with van der Waals surface area (Å²) in [6.45, 7) is 4.53. The quantitative estimate of drug-likeness (QED) is 0.642. The van der Waals surface area contributed by atoms with Gasteiger partial charge in [0.2, 0.25) is 11.7 Å². The molecule has 7 nitrogen and oxygen atoms in total. The third kappa shape index (κ3) is 4.38. The van der Waals surface area contributed by atoms with Crippen LogP contribution in [0.2, 0.25) is 0 Å². The average Bonchev–Trinajstić information content (AvgIpc) is 3.37. The summed E-state index contributed by atoms with van der Waals surface area (Å²) in [4.78, 5) is 20.5. The van der Waals surface area contributed by atoms with Gasteiger partial charge in [0.15, 0.2) is 5.76 Å². The molecule has 4 rings (SSSR count). The molecule has 0 aliphatic carbocycles. The van der Waals surface area contributed by atoms with Crippen LogP contribution >= 0.6 is 0 Å². The summed E-state index contributed by atoms with van der Waals surface area (Å²) in [7, 11) is 0. The molecule has 1 amide bonds. The van der Waals surface area contributed by atoms with Crippen LogP contribution in [0.15, 0.2) is 45.3 Å². The maximum absolute atomic E-state index is 12.7. The van der Waals surface area contributed by atoms with Crippen molar-refractivity contribution < 1.29 is 26.9 Å². The number of carbonyl (C=O) groups excluding carboxylic acids is 1. The Morgan fingerprint density at radius 1 is 1.07 bits per heavy atom. The number of nitrogens with zero attached hydrogens (tertiary/aromatic N) is 4. The molecule has 1 aliphatic heterocycles. The highest BCUT2D eigenvalue weighted by Crippen LogP contribution is 2.30. The number of benzene rings is 1. The summed E-state index contributed by atoms with van der Waals surface area (Å²) < 4.78 is 48.7. The van der Waals surface area contributed by atoms with Crippen LogP contribution in [0, 0.1) is 6.92 Å². The molecule has 0 saturated carbocycles. The summed E-state index contributed by atoms with van der Waals surface area (Å²) >= 11 is 0. The van der Waals surface area contributed by atoms with Crippen LogP contribution in [0.25, 0.3) is 11.4 Å². The van der Waals surface area contributed by atoms with Gasteiger partial charge in [-0.2, -0.15) is 18.2 Å². The summed E-state index contributed by atoms with van der Waals surface area (Å²) in [5.41, 5.74) is -0.283. The number of carbonyl (C=O) groups is 1. The van der Waals surface area contributed by atoms with Crippen molar-refractivity contribution in [1.82, 2.24) is 19.9 Å². The lowest BCUT2D eigenvalue weighted by atomic mass is 10.1. The van der Waals surface area contributed by atoms with Crippen LogP contribution in [0.3, 0.4) is 0 Å². The van der Waals surface area contributed by atoms with Gasteiger partial charge in [0, 0.05) is 31.7 Å². The molecule has 0 unspecified atom stereocenters. The Balaban J connectivity index is 1.33. The molecule has 1 saturated heterocycles. The van der Waals surface area contributed by atoms with Crippen molar-refractivity contribution in [3.63, 3.8) is 0 Å². The van der Waals surface area contributed by atoms with E-state index >= 15 is 0 Å². The fraction of sp³-hybridized carbons (Fsp3) is 0.350. The lowest BCUT2D eigenvalue weighted by Crippen LogP contribution is -2.48. The minimum absolute atomic E-state index is 0.134. The van der Waals surface area contributed by atoms with Crippen LogP contribution in [0.1, 0.15) is 27.8 Å². The van der Waals surface area contributed by atoms with E-state index in [2.05, 4.69) is 15.0 Å². The van der Waals surface area contributed by atoms with Crippen molar-refractivity contribution in [2.24, 2.45) is 0 Å². The van der Waals surface area contributed by atoms with E-state index in [9.17, 15) is 18.0 Å². The Hall–Kier alpha value is -3.14. The second kappa shape index (κ2) is 7.94. The maximum Gasteiger partial charge on any atom is 0.416 e. The second-order valence-electron chi connectivity index (χ2n) is 7.07. The highest BCUT2D eigenvalue weighted by molar-refractivity contribution is 5.91. The number of rotatable bonds is 4. The minimum Gasteiger partial charge on any atom is -0.456 e. The normalized spacial score (nSPS) is 15.5. The monoisotopic (exact) mass is 420 g/mol. The van der Waals surface area contributed by atoms with E-state index in [0.29, 0.717) is 55.7 Å². The smallest absolute Gasteiger partial charge is 0.416 e. The number of amides is 1. The molecule has 3 aromatic rings. The molecule has 0 spiro atoms. The minimum atomic E-state index is -4.39. The van der Waals surface area contributed by atoms with Gasteiger partial charge >= 0.3 is 6.18 Å². The van der Waals surface area contributed by atoms with E-state index in [1.54, 1.807) is 24.0 Å². The van der Waals surface area contributed by atoms with Crippen molar-refractivity contribution >= 4 is 5.91 Å². The molecule has 158 valence electrons. The van der Waals surface area contributed by atoms with Gasteiger partial charge in [-0.3, -0.25) is 9.69 Å². The molecule has 1 fully saturated rings. The number of hydrogen-bond donors (Lipinski definition) is 0. The first-order valence-electron chi connectivity index (χ1n) is 9.38. The van der Waals surface area contributed by atoms with E-state index in [4.69, 9.17) is 8.94 Å². The van der Waals surface area contributed by atoms with Crippen molar-refractivity contribution in [2.75, 3.05) is 26.2 Å². The highest BCUT2D eigenvalue weighted by Gasteiger charge is 2.30. The SMILES string of the molecule is Cc1ccc(C(=O)N2CCN(Cc3nc(-c4ccc(C(F)(F)F)cc4)no3)CC2)o1. The van der Waals surface area contributed by atoms with Gasteiger partial charge in [-0.15, -0.1) is 0 Å². The summed E-state index contributed by atoms with van der Waals surface area (Å²) in [6.07, 6.45) is -4.39. The number of furan rings is 1. The van der Waals surface area contributed by atoms with Crippen LogP contribution in [-0.2, 0) is 12.7 Å². The number of hydrogen-bond acceptors (Lipinski definition) is 6. The van der Waals surface area contributed by atoms with Gasteiger partial charge < -0.3 is 13.8 Å². The molecular weight excluding hydrogens is 401 g/mol. The largest absolute Gasteiger partial charge is 0.456 e. The van der Waals surface area contributed by atoms with Crippen LogP contribution in [0.5, 0.6) is 0 Å². The number of alkyl halides is 3. The van der Waals surface area contributed by atoms with Gasteiger partial charge in [-0.1, -0.05) is 17.3 Å². The zero-order valence-corrected chi connectivity index (χ0v) is 16.1. The van der Waals surface area contributed by atoms with Crippen LogP contribution in [-0.4, -0.2) is 52.0 Å². The van der Waals surface area contributed by atoms with Gasteiger partial charge in [0.1, 0.15) is 5.76 Å². The zero-order valence-electron chi connectivity index (χ0n) is 16.1. The average molecular weight is 420 g/mol. The molecular formula is C20H19F3N4O3. The first-order chi connectivity index (χ1) is 14.3. The lowest BCUT2D eigenvalue weighted by molar-refractivity contribution is -0.137. The predicted octanol–water partition coefficient (Wildman–Crippen LogP) is 3.61. The van der Waals surface area contributed by atoms with E-state index < -0.39 is 11.7 Å². The number of halogens is 3. The lowest BCUT2D eigenvalue weighted by Gasteiger charge is -2.33. The van der Waals surface area contributed by atoms with Crippen molar-refractivity contribution in [3.05, 3.63) is 59.4 Å². The van der Waals surface area contributed by atoms with Gasteiger partial charge in [0.25, 0.3) is 5.91 Å². The Labute approximate surface area is 170 Å². The Bertz CT molecular complexity index is 1020. The maximum atomic E-state index is 12.7.